The molecule has 0 bridgehead atoms. The molecule has 2 amide bonds. The molecule has 7 heteroatoms. The molecule has 6 nitrogen and oxygen atoms in total. The fourth-order valence-corrected chi connectivity index (χ4v) is 2.98. The lowest BCUT2D eigenvalue weighted by Gasteiger charge is -2.16. The van der Waals surface area contributed by atoms with E-state index in [1.165, 1.54) is 11.8 Å². The number of carboxylic acid groups (broad SMARTS) is 1. The molecule has 0 saturated carbocycles. The van der Waals surface area contributed by atoms with Gasteiger partial charge in [0.05, 0.1) is 5.92 Å². The van der Waals surface area contributed by atoms with Crippen LogP contribution in [0.4, 0.5) is 4.79 Å². The predicted molar refractivity (Wildman–Crippen MR) is 70.9 cm³/mol. The number of thioether (sulfide) groups is 1. The summed E-state index contributed by atoms with van der Waals surface area (Å²) in [6.45, 7) is 1.12. The first-order valence-corrected chi connectivity index (χ1v) is 7.17. The molecule has 0 aromatic carbocycles. The van der Waals surface area contributed by atoms with E-state index in [0.29, 0.717) is 19.5 Å². The lowest BCUT2D eigenvalue weighted by Crippen LogP contribution is -2.36. The molecule has 2 rings (SSSR count). The minimum Gasteiger partial charge on any atom is -0.481 e. The average molecular weight is 284 g/mol. The number of carbonyl (C=O) groups is 3. The molecule has 0 radical (unpaired) electrons. The van der Waals surface area contributed by atoms with Gasteiger partial charge in [0.1, 0.15) is 0 Å². The van der Waals surface area contributed by atoms with E-state index >= 15 is 0 Å². The van der Waals surface area contributed by atoms with Crippen LogP contribution in [0.1, 0.15) is 12.8 Å². The molecular formula is C12H16N2O4S. The molecule has 2 unspecified atom stereocenters. The van der Waals surface area contributed by atoms with Crippen molar-refractivity contribution in [2.45, 2.75) is 18.9 Å². The molecule has 1 aliphatic carbocycles. The number of amides is 2. The number of nitrogens with one attached hydrogen (secondary N) is 1. The van der Waals surface area contributed by atoms with Gasteiger partial charge in [0.15, 0.2) is 0 Å². The Kier molecular flexibility index (Phi) is 4.47. The van der Waals surface area contributed by atoms with Crippen molar-refractivity contribution in [1.82, 2.24) is 10.2 Å². The van der Waals surface area contributed by atoms with E-state index in [4.69, 9.17) is 5.11 Å². The first-order valence-electron chi connectivity index (χ1n) is 6.18. The van der Waals surface area contributed by atoms with Crippen LogP contribution in [-0.4, -0.2) is 52.0 Å². The third-order valence-electron chi connectivity index (χ3n) is 3.20. The van der Waals surface area contributed by atoms with Gasteiger partial charge in [0, 0.05) is 31.3 Å². The molecule has 1 saturated heterocycles. The lowest BCUT2D eigenvalue weighted by molar-refractivity contribution is -0.140. The van der Waals surface area contributed by atoms with E-state index < -0.39 is 11.9 Å². The molecule has 0 aromatic rings. The van der Waals surface area contributed by atoms with Gasteiger partial charge in [-0.15, -0.1) is 0 Å². The summed E-state index contributed by atoms with van der Waals surface area (Å²) in [5.41, 5.74) is 0. The highest BCUT2D eigenvalue weighted by Gasteiger charge is 2.26. The number of hydrogen-bond donors (Lipinski definition) is 2. The van der Waals surface area contributed by atoms with Gasteiger partial charge in [-0.3, -0.25) is 14.4 Å². The van der Waals surface area contributed by atoms with Gasteiger partial charge in [-0.2, -0.15) is 0 Å². The van der Waals surface area contributed by atoms with E-state index in [1.807, 2.05) is 0 Å². The zero-order chi connectivity index (χ0) is 13.8. The zero-order valence-electron chi connectivity index (χ0n) is 10.4. The van der Waals surface area contributed by atoms with Crippen molar-refractivity contribution in [3.63, 3.8) is 0 Å². The lowest BCUT2D eigenvalue weighted by atomic mass is 10.1. The maximum absolute atomic E-state index is 11.7. The summed E-state index contributed by atoms with van der Waals surface area (Å²) >= 11 is 1.27. The van der Waals surface area contributed by atoms with Crippen LogP contribution >= 0.6 is 11.8 Å². The Morgan fingerprint density at radius 2 is 2.26 bits per heavy atom. The summed E-state index contributed by atoms with van der Waals surface area (Å²) in [5.74, 6) is -0.744. The van der Waals surface area contributed by atoms with E-state index in [0.717, 1.165) is 5.75 Å². The Balaban J connectivity index is 1.69. The second kappa shape index (κ2) is 6.10. The van der Waals surface area contributed by atoms with Gasteiger partial charge in [-0.1, -0.05) is 23.9 Å². The monoisotopic (exact) mass is 284 g/mol. The fraction of sp³-hybridized carbons (Fsp3) is 0.583. The van der Waals surface area contributed by atoms with Gasteiger partial charge >= 0.3 is 5.97 Å². The summed E-state index contributed by atoms with van der Waals surface area (Å²) in [6.07, 6.45) is 3.98. The van der Waals surface area contributed by atoms with Crippen LogP contribution in [0.25, 0.3) is 0 Å². The van der Waals surface area contributed by atoms with Crippen LogP contribution in [0.5, 0.6) is 0 Å². The van der Waals surface area contributed by atoms with Crippen LogP contribution in [0.3, 0.4) is 0 Å². The second-order valence-corrected chi connectivity index (χ2v) is 5.64. The van der Waals surface area contributed by atoms with E-state index in [2.05, 4.69) is 5.32 Å². The molecule has 0 spiro atoms. The first kappa shape index (κ1) is 13.9. The Hall–Kier alpha value is -1.50. The highest BCUT2D eigenvalue weighted by molar-refractivity contribution is 8.13. The van der Waals surface area contributed by atoms with Crippen LogP contribution in [0, 0.1) is 5.92 Å². The summed E-state index contributed by atoms with van der Waals surface area (Å²) in [5, 5.41) is 11.6. The van der Waals surface area contributed by atoms with Gasteiger partial charge in [0.25, 0.3) is 5.24 Å². The first-order chi connectivity index (χ1) is 9.06. The minimum atomic E-state index is -0.868. The van der Waals surface area contributed by atoms with Crippen molar-refractivity contribution >= 4 is 28.9 Å². The number of carbonyl (C=O) groups excluding carboxylic acids is 2. The average Bonchev–Trinajstić information content (AvgIpc) is 2.96. The molecule has 2 aliphatic rings. The zero-order valence-corrected chi connectivity index (χ0v) is 11.2. The number of rotatable bonds is 5. The highest BCUT2D eigenvalue weighted by atomic mass is 32.2. The predicted octanol–water partition coefficient (Wildman–Crippen LogP) is 0.691. The molecular weight excluding hydrogens is 268 g/mol. The van der Waals surface area contributed by atoms with Crippen molar-refractivity contribution in [3.8, 4) is 0 Å². The Labute approximate surface area is 115 Å². The summed E-state index contributed by atoms with van der Waals surface area (Å²) in [4.78, 5) is 35.5. The highest BCUT2D eigenvalue weighted by Crippen LogP contribution is 2.19. The molecule has 1 aliphatic heterocycles. The van der Waals surface area contributed by atoms with Crippen molar-refractivity contribution < 1.29 is 19.5 Å². The van der Waals surface area contributed by atoms with Crippen LogP contribution < -0.4 is 5.32 Å². The van der Waals surface area contributed by atoms with Crippen molar-refractivity contribution in [2.75, 3.05) is 18.8 Å². The van der Waals surface area contributed by atoms with Crippen LogP contribution in [0.15, 0.2) is 12.2 Å². The summed E-state index contributed by atoms with van der Waals surface area (Å²) < 4.78 is 0. The Morgan fingerprint density at radius 1 is 1.47 bits per heavy atom. The van der Waals surface area contributed by atoms with Gasteiger partial charge in [-0.05, 0) is 6.42 Å². The molecule has 0 aromatic heterocycles. The number of aliphatic carboxylic acids is 1. The Bertz CT molecular complexity index is 424. The fourth-order valence-electron chi connectivity index (χ4n) is 2.13. The molecule has 1 fully saturated rings. The van der Waals surface area contributed by atoms with E-state index in [1.54, 1.807) is 17.1 Å². The van der Waals surface area contributed by atoms with Gasteiger partial charge in [0.2, 0.25) is 5.91 Å². The van der Waals surface area contributed by atoms with Gasteiger partial charge < -0.3 is 15.3 Å². The molecule has 2 N–H and O–H groups in total. The van der Waals surface area contributed by atoms with Crippen LogP contribution in [0.2, 0.25) is 0 Å². The van der Waals surface area contributed by atoms with Crippen molar-refractivity contribution in [1.29, 1.82) is 0 Å². The smallest absolute Gasteiger partial charge is 0.310 e. The number of hydrogen-bond acceptors (Lipinski definition) is 4. The molecule has 104 valence electrons. The second-order valence-electron chi connectivity index (χ2n) is 4.59. The number of carboxylic acids is 1. The molecule has 19 heavy (non-hydrogen) atoms. The quantitative estimate of drug-likeness (QED) is 0.725. The third-order valence-corrected chi connectivity index (χ3v) is 4.09. The van der Waals surface area contributed by atoms with Gasteiger partial charge in [-0.25, -0.2) is 0 Å². The largest absolute Gasteiger partial charge is 0.481 e. The normalized spacial score (nSPS) is 25.9. The minimum absolute atomic E-state index is 0.0273. The summed E-state index contributed by atoms with van der Waals surface area (Å²) in [6, 6.07) is -0.211. The topological polar surface area (TPSA) is 86.7 Å². The van der Waals surface area contributed by atoms with E-state index in [9.17, 15) is 14.4 Å². The van der Waals surface area contributed by atoms with E-state index in [-0.39, 0.29) is 23.6 Å². The SMILES string of the molecule is O=C(CCN1CCSC1=O)NC1C=CC(C(=O)O)C1. The maximum atomic E-state index is 11.7. The van der Waals surface area contributed by atoms with Crippen molar-refractivity contribution in [2.24, 2.45) is 5.92 Å². The third kappa shape index (κ3) is 3.73. The molecule has 1 heterocycles. The maximum Gasteiger partial charge on any atom is 0.310 e. The Morgan fingerprint density at radius 3 is 2.84 bits per heavy atom. The standard InChI is InChI=1S/C12H16N2O4S/c15-10(3-4-14-5-6-19-12(14)18)13-9-2-1-8(7-9)11(16)17/h1-2,8-9H,3-7H2,(H,13,15)(H,16,17). The summed E-state index contributed by atoms with van der Waals surface area (Å²) in [7, 11) is 0. The van der Waals surface area contributed by atoms with Crippen molar-refractivity contribution in [3.05, 3.63) is 12.2 Å². The molecule has 2 atom stereocenters. The van der Waals surface area contributed by atoms with Crippen LogP contribution in [-0.2, 0) is 9.59 Å². The number of nitrogens with zero attached hydrogens (tertiary/aromatic N) is 1.